The van der Waals surface area contributed by atoms with E-state index in [2.05, 4.69) is 17.1 Å². The van der Waals surface area contributed by atoms with Crippen LogP contribution in [-0.2, 0) is 4.79 Å². The minimum atomic E-state index is 0.200. The van der Waals surface area contributed by atoms with Crippen LogP contribution in [0.4, 0.5) is 0 Å². The molecular formula is C8H14N2O. The molecule has 0 spiro atoms. The number of nitrogens with one attached hydrogen (secondary N) is 1. The minimum absolute atomic E-state index is 0.200. The number of carbonyl (C=O) groups excluding carboxylic acids is 1. The fraction of sp³-hybridized carbons (Fsp3) is 0.875. The van der Waals surface area contributed by atoms with E-state index < -0.39 is 0 Å². The van der Waals surface area contributed by atoms with E-state index in [0.29, 0.717) is 6.04 Å². The molecule has 2 aliphatic heterocycles. The monoisotopic (exact) mass is 154 g/mol. The van der Waals surface area contributed by atoms with E-state index in [1.165, 1.54) is 6.42 Å². The van der Waals surface area contributed by atoms with Gasteiger partial charge in [0.15, 0.2) is 0 Å². The number of amides is 1. The number of rotatable bonds is 0. The van der Waals surface area contributed by atoms with Crippen molar-refractivity contribution in [3.8, 4) is 0 Å². The summed E-state index contributed by atoms with van der Waals surface area (Å²) >= 11 is 0. The second kappa shape index (κ2) is 2.48. The van der Waals surface area contributed by atoms with Gasteiger partial charge in [-0.2, -0.15) is 0 Å². The number of hydrogen-bond acceptors (Lipinski definition) is 2. The van der Waals surface area contributed by atoms with Crippen molar-refractivity contribution in [2.75, 3.05) is 13.1 Å². The number of nitrogens with zero attached hydrogens (tertiary/aromatic N) is 1. The van der Waals surface area contributed by atoms with Crippen LogP contribution >= 0.6 is 0 Å². The summed E-state index contributed by atoms with van der Waals surface area (Å²) in [5, 5.41) is 2.97. The molecule has 0 radical (unpaired) electrons. The second-order valence-corrected chi connectivity index (χ2v) is 3.56. The lowest BCUT2D eigenvalue weighted by Gasteiger charge is -2.33. The average Bonchev–Trinajstić information content (AvgIpc) is 2.34. The van der Waals surface area contributed by atoms with E-state index in [9.17, 15) is 4.79 Å². The highest BCUT2D eigenvalue weighted by atomic mass is 16.2. The molecule has 0 aromatic rings. The van der Waals surface area contributed by atoms with Crippen molar-refractivity contribution in [1.29, 1.82) is 0 Å². The van der Waals surface area contributed by atoms with Gasteiger partial charge in [-0.05, 0) is 26.3 Å². The summed E-state index contributed by atoms with van der Waals surface area (Å²) in [7, 11) is 0. The van der Waals surface area contributed by atoms with Gasteiger partial charge in [0, 0.05) is 12.6 Å². The molecule has 0 aromatic carbocycles. The first-order chi connectivity index (χ1) is 5.27. The van der Waals surface area contributed by atoms with Crippen LogP contribution in [0.25, 0.3) is 0 Å². The zero-order valence-corrected chi connectivity index (χ0v) is 6.84. The normalized spacial score (nSPS) is 38.5. The molecule has 3 nitrogen and oxygen atoms in total. The van der Waals surface area contributed by atoms with Crippen molar-refractivity contribution in [3.05, 3.63) is 0 Å². The van der Waals surface area contributed by atoms with Gasteiger partial charge in [-0.15, -0.1) is 0 Å². The molecule has 0 saturated carbocycles. The van der Waals surface area contributed by atoms with Gasteiger partial charge in [-0.25, -0.2) is 0 Å². The minimum Gasteiger partial charge on any atom is -0.351 e. The fourth-order valence-corrected chi connectivity index (χ4v) is 2.08. The summed E-state index contributed by atoms with van der Waals surface area (Å²) in [5.74, 6) is 0.237. The Balaban J connectivity index is 2.10. The Labute approximate surface area is 66.8 Å². The van der Waals surface area contributed by atoms with Gasteiger partial charge in [0.2, 0.25) is 5.91 Å². The van der Waals surface area contributed by atoms with E-state index in [-0.39, 0.29) is 11.9 Å². The molecule has 2 rings (SSSR count). The van der Waals surface area contributed by atoms with E-state index in [1.54, 1.807) is 0 Å². The van der Waals surface area contributed by atoms with Crippen LogP contribution in [-0.4, -0.2) is 36.0 Å². The summed E-state index contributed by atoms with van der Waals surface area (Å²) in [6, 6.07) is 0.544. The molecule has 2 aliphatic rings. The molecule has 1 N–H and O–H groups in total. The number of carbonyl (C=O) groups is 1. The van der Waals surface area contributed by atoms with Gasteiger partial charge in [-0.3, -0.25) is 9.69 Å². The van der Waals surface area contributed by atoms with Crippen LogP contribution in [0.15, 0.2) is 0 Å². The Morgan fingerprint density at radius 1 is 1.64 bits per heavy atom. The standard InChI is InChI=1S/C8H14N2O/c1-6-5-10-4-2-3-7(10)8(11)9-6/h6-7H,2-5H2,1H3,(H,9,11). The van der Waals surface area contributed by atoms with Crippen LogP contribution in [0, 0.1) is 0 Å². The number of fused-ring (bicyclic) bond motifs is 1. The van der Waals surface area contributed by atoms with Gasteiger partial charge >= 0.3 is 0 Å². The maximum absolute atomic E-state index is 11.3. The maximum atomic E-state index is 11.3. The predicted molar refractivity (Wildman–Crippen MR) is 42.2 cm³/mol. The van der Waals surface area contributed by atoms with Gasteiger partial charge in [0.05, 0.1) is 6.04 Å². The first-order valence-electron chi connectivity index (χ1n) is 4.32. The molecule has 2 atom stereocenters. The van der Waals surface area contributed by atoms with Crippen molar-refractivity contribution < 1.29 is 4.79 Å². The lowest BCUT2D eigenvalue weighted by atomic mass is 10.1. The quantitative estimate of drug-likeness (QED) is 0.531. The number of piperazine rings is 1. The SMILES string of the molecule is CC1CN2CCCC2C(=O)N1. The highest BCUT2D eigenvalue weighted by Gasteiger charge is 2.35. The van der Waals surface area contributed by atoms with Crippen LogP contribution in [0.1, 0.15) is 19.8 Å². The van der Waals surface area contributed by atoms with Gasteiger partial charge in [-0.1, -0.05) is 0 Å². The first kappa shape index (κ1) is 7.10. The third-order valence-corrected chi connectivity index (χ3v) is 2.56. The molecule has 62 valence electrons. The molecular weight excluding hydrogens is 140 g/mol. The van der Waals surface area contributed by atoms with E-state index >= 15 is 0 Å². The summed E-state index contributed by atoms with van der Waals surface area (Å²) < 4.78 is 0. The van der Waals surface area contributed by atoms with Crippen LogP contribution < -0.4 is 5.32 Å². The lowest BCUT2D eigenvalue weighted by molar-refractivity contribution is -0.128. The smallest absolute Gasteiger partial charge is 0.237 e. The third-order valence-electron chi connectivity index (χ3n) is 2.56. The molecule has 2 unspecified atom stereocenters. The Morgan fingerprint density at radius 3 is 3.27 bits per heavy atom. The molecule has 0 aromatic heterocycles. The summed E-state index contributed by atoms with van der Waals surface area (Å²) in [6.07, 6.45) is 2.24. The zero-order chi connectivity index (χ0) is 7.84. The van der Waals surface area contributed by atoms with Crippen molar-refractivity contribution in [2.24, 2.45) is 0 Å². The zero-order valence-electron chi connectivity index (χ0n) is 6.84. The highest BCUT2D eigenvalue weighted by molar-refractivity contribution is 5.83. The second-order valence-electron chi connectivity index (χ2n) is 3.56. The summed E-state index contributed by atoms with van der Waals surface area (Å²) in [4.78, 5) is 13.6. The van der Waals surface area contributed by atoms with Gasteiger partial charge in [0.1, 0.15) is 0 Å². The molecule has 1 amide bonds. The largest absolute Gasteiger partial charge is 0.351 e. The molecule has 0 bridgehead atoms. The van der Waals surface area contributed by atoms with Crippen LogP contribution in [0.5, 0.6) is 0 Å². The van der Waals surface area contributed by atoms with Crippen molar-refractivity contribution in [3.63, 3.8) is 0 Å². The Kier molecular flexibility index (Phi) is 1.60. The Morgan fingerprint density at radius 2 is 2.45 bits per heavy atom. The van der Waals surface area contributed by atoms with E-state index in [0.717, 1.165) is 19.5 Å². The van der Waals surface area contributed by atoms with Crippen molar-refractivity contribution >= 4 is 5.91 Å². The van der Waals surface area contributed by atoms with Crippen LogP contribution in [0.2, 0.25) is 0 Å². The molecule has 3 heteroatoms. The lowest BCUT2D eigenvalue weighted by Crippen LogP contribution is -2.56. The fourth-order valence-electron chi connectivity index (χ4n) is 2.08. The molecule has 11 heavy (non-hydrogen) atoms. The third kappa shape index (κ3) is 1.13. The van der Waals surface area contributed by atoms with Gasteiger partial charge < -0.3 is 5.32 Å². The Bertz CT molecular complexity index is 181. The summed E-state index contributed by atoms with van der Waals surface area (Å²) in [5.41, 5.74) is 0. The maximum Gasteiger partial charge on any atom is 0.237 e. The number of hydrogen-bond donors (Lipinski definition) is 1. The topological polar surface area (TPSA) is 32.3 Å². The van der Waals surface area contributed by atoms with Crippen molar-refractivity contribution in [1.82, 2.24) is 10.2 Å². The Hall–Kier alpha value is -0.570. The van der Waals surface area contributed by atoms with Crippen LogP contribution in [0.3, 0.4) is 0 Å². The summed E-state index contributed by atoms with van der Waals surface area (Å²) in [6.45, 7) is 4.21. The molecule has 2 saturated heterocycles. The molecule has 2 fully saturated rings. The average molecular weight is 154 g/mol. The van der Waals surface area contributed by atoms with E-state index in [1.807, 2.05) is 0 Å². The molecule has 2 heterocycles. The first-order valence-corrected chi connectivity index (χ1v) is 4.32. The van der Waals surface area contributed by atoms with Gasteiger partial charge in [0.25, 0.3) is 0 Å². The van der Waals surface area contributed by atoms with E-state index in [4.69, 9.17) is 0 Å². The highest BCUT2D eigenvalue weighted by Crippen LogP contribution is 2.20. The predicted octanol–water partition coefficient (Wildman–Crippen LogP) is -0.0309. The molecule has 0 aliphatic carbocycles. The van der Waals surface area contributed by atoms with Crippen molar-refractivity contribution in [2.45, 2.75) is 31.8 Å².